The van der Waals surface area contributed by atoms with Gasteiger partial charge in [-0.2, -0.15) is 0 Å². The maximum atomic E-state index is 12.4. The summed E-state index contributed by atoms with van der Waals surface area (Å²) in [4.78, 5) is 25.9. The molecule has 2 saturated heterocycles. The van der Waals surface area contributed by atoms with Gasteiger partial charge in [-0.05, 0) is 19.4 Å². The lowest BCUT2D eigenvalue weighted by Crippen LogP contribution is -2.63. The molecule has 2 heterocycles. The number of ether oxygens (including phenoxy) is 1. The Hall–Kier alpha value is -1.20. The predicted molar refractivity (Wildman–Crippen MR) is 82.0 cm³/mol. The third kappa shape index (κ3) is 2.42. The van der Waals surface area contributed by atoms with E-state index in [9.17, 15) is 9.59 Å². The predicted octanol–water partition coefficient (Wildman–Crippen LogP) is 2.40. The smallest absolute Gasteiger partial charge is 0.330 e. The van der Waals surface area contributed by atoms with Crippen molar-refractivity contribution in [2.75, 3.05) is 0 Å². The van der Waals surface area contributed by atoms with Crippen LogP contribution in [0, 0.1) is 0 Å². The molecule has 0 aromatic heterocycles. The fraction of sp³-hybridized carbons (Fsp3) is 0.467. The molecule has 2 aliphatic rings. The van der Waals surface area contributed by atoms with E-state index >= 15 is 0 Å². The van der Waals surface area contributed by atoms with Crippen molar-refractivity contribution in [3.63, 3.8) is 0 Å². The molecule has 0 saturated carbocycles. The number of rotatable bonds is 3. The number of fused-ring (bicyclic) bond motifs is 1. The molecule has 21 heavy (non-hydrogen) atoms. The number of β-lactam (4-membered cyclic amide) rings is 1. The van der Waals surface area contributed by atoms with Crippen LogP contribution in [-0.2, 0) is 20.9 Å². The van der Waals surface area contributed by atoms with Crippen LogP contribution in [-0.4, -0.2) is 38.3 Å². The molecule has 1 amide bonds. The molecule has 0 bridgehead atoms. The standard InChI is InChI=1S/C15H16ClNO3S/c1-15(2)11(17-12(18)10(16)13(17)21-15)14(19)20-8-9-6-4-3-5-7-9/h3-7,10-11,13H,8H2,1-2H3/t10-,11+,13-/m1/s1. The number of carbonyl (C=O) groups is 2. The lowest BCUT2D eigenvalue weighted by molar-refractivity contribution is -0.161. The Morgan fingerprint density at radius 3 is 2.71 bits per heavy atom. The molecule has 2 aliphatic heterocycles. The molecule has 0 N–H and O–H groups in total. The Balaban J connectivity index is 1.70. The van der Waals surface area contributed by atoms with Crippen molar-refractivity contribution in [1.29, 1.82) is 0 Å². The van der Waals surface area contributed by atoms with Crippen LogP contribution < -0.4 is 0 Å². The summed E-state index contributed by atoms with van der Waals surface area (Å²) in [6, 6.07) is 8.92. The van der Waals surface area contributed by atoms with Crippen molar-refractivity contribution in [3.8, 4) is 0 Å². The average Bonchev–Trinajstić information content (AvgIpc) is 2.74. The summed E-state index contributed by atoms with van der Waals surface area (Å²) in [6.45, 7) is 4.11. The van der Waals surface area contributed by atoms with Gasteiger partial charge in [-0.1, -0.05) is 30.3 Å². The van der Waals surface area contributed by atoms with E-state index in [4.69, 9.17) is 16.3 Å². The molecule has 0 unspecified atom stereocenters. The monoisotopic (exact) mass is 325 g/mol. The van der Waals surface area contributed by atoms with Gasteiger partial charge in [0.15, 0.2) is 0 Å². The highest BCUT2D eigenvalue weighted by Gasteiger charge is 2.63. The summed E-state index contributed by atoms with van der Waals surface area (Å²) < 4.78 is 5.00. The van der Waals surface area contributed by atoms with Crippen molar-refractivity contribution >= 4 is 35.2 Å². The molecule has 1 aromatic carbocycles. The minimum Gasteiger partial charge on any atom is -0.459 e. The minimum atomic E-state index is -0.571. The van der Waals surface area contributed by atoms with Crippen LogP contribution in [0.1, 0.15) is 19.4 Å². The van der Waals surface area contributed by atoms with Crippen molar-refractivity contribution in [2.45, 2.75) is 42.0 Å². The first kappa shape index (κ1) is 14.7. The molecule has 1 aromatic rings. The van der Waals surface area contributed by atoms with E-state index in [0.717, 1.165) is 5.56 Å². The first-order valence-electron chi connectivity index (χ1n) is 6.76. The maximum absolute atomic E-state index is 12.4. The van der Waals surface area contributed by atoms with Crippen LogP contribution in [0.15, 0.2) is 30.3 Å². The molecular weight excluding hydrogens is 310 g/mol. The SMILES string of the molecule is CC1(C)S[C@@H]2[C@H](Cl)C(=O)N2[C@H]1C(=O)OCc1ccccc1. The van der Waals surface area contributed by atoms with E-state index in [1.54, 1.807) is 16.7 Å². The first-order valence-corrected chi connectivity index (χ1v) is 8.08. The van der Waals surface area contributed by atoms with Crippen molar-refractivity contribution in [3.05, 3.63) is 35.9 Å². The molecule has 6 heteroatoms. The van der Waals surface area contributed by atoms with Gasteiger partial charge in [-0.25, -0.2) is 4.79 Å². The fourth-order valence-corrected chi connectivity index (χ4v) is 4.68. The Kier molecular flexibility index (Phi) is 3.66. The van der Waals surface area contributed by atoms with Crippen LogP contribution in [0.5, 0.6) is 0 Å². The van der Waals surface area contributed by atoms with Gasteiger partial charge in [0.2, 0.25) is 5.91 Å². The summed E-state index contributed by atoms with van der Waals surface area (Å²) in [5.41, 5.74) is 0.927. The van der Waals surface area contributed by atoms with Gasteiger partial charge in [0.05, 0.1) is 0 Å². The van der Waals surface area contributed by atoms with Crippen LogP contribution >= 0.6 is 23.4 Å². The van der Waals surface area contributed by atoms with E-state index in [0.29, 0.717) is 0 Å². The van der Waals surface area contributed by atoms with E-state index in [2.05, 4.69) is 0 Å². The Labute approximate surface area is 132 Å². The van der Waals surface area contributed by atoms with E-state index in [-0.39, 0.29) is 23.9 Å². The molecule has 0 spiro atoms. The van der Waals surface area contributed by atoms with Gasteiger partial charge in [-0.3, -0.25) is 4.79 Å². The second-order valence-corrected chi connectivity index (χ2v) is 8.00. The zero-order valence-corrected chi connectivity index (χ0v) is 13.4. The van der Waals surface area contributed by atoms with E-state index < -0.39 is 16.2 Å². The number of benzene rings is 1. The highest BCUT2D eigenvalue weighted by Crippen LogP contribution is 2.52. The largest absolute Gasteiger partial charge is 0.459 e. The number of alkyl halides is 1. The second kappa shape index (κ2) is 5.21. The number of halogens is 1. The van der Waals surface area contributed by atoms with Gasteiger partial charge in [0.1, 0.15) is 23.4 Å². The molecule has 0 aliphatic carbocycles. The molecule has 2 fully saturated rings. The van der Waals surface area contributed by atoms with Crippen molar-refractivity contribution in [1.82, 2.24) is 4.90 Å². The number of nitrogens with zero attached hydrogens (tertiary/aromatic N) is 1. The summed E-state index contributed by atoms with van der Waals surface area (Å²) in [6.07, 6.45) is 0. The highest BCUT2D eigenvalue weighted by molar-refractivity contribution is 8.01. The second-order valence-electron chi connectivity index (χ2n) is 5.75. The number of hydrogen-bond donors (Lipinski definition) is 0. The molecule has 0 radical (unpaired) electrons. The van der Waals surface area contributed by atoms with Gasteiger partial charge in [0.25, 0.3) is 0 Å². The summed E-state index contributed by atoms with van der Waals surface area (Å²) >= 11 is 7.57. The number of amides is 1. The van der Waals surface area contributed by atoms with Crippen LogP contribution in [0.3, 0.4) is 0 Å². The highest BCUT2D eigenvalue weighted by atomic mass is 35.5. The molecule has 3 atom stereocenters. The minimum absolute atomic E-state index is 0.122. The lowest BCUT2D eigenvalue weighted by atomic mass is 9.98. The lowest BCUT2D eigenvalue weighted by Gasteiger charge is -2.40. The van der Waals surface area contributed by atoms with Gasteiger partial charge < -0.3 is 9.64 Å². The Bertz CT molecular complexity index is 578. The fourth-order valence-electron chi connectivity index (χ4n) is 2.75. The summed E-state index contributed by atoms with van der Waals surface area (Å²) in [5, 5.41) is -0.648. The third-order valence-electron chi connectivity index (χ3n) is 3.82. The maximum Gasteiger partial charge on any atom is 0.330 e. The van der Waals surface area contributed by atoms with Gasteiger partial charge in [0, 0.05) is 4.75 Å². The molecule has 3 rings (SSSR count). The number of thioether (sulfide) groups is 1. The Morgan fingerprint density at radius 1 is 1.38 bits per heavy atom. The number of carbonyl (C=O) groups excluding carboxylic acids is 2. The summed E-state index contributed by atoms with van der Waals surface area (Å²) in [7, 11) is 0. The van der Waals surface area contributed by atoms with Crippen molar-refractivity contribution in [2.24, 2.45) is 0 Å². The number of hydrogen-bond acceptors (Lipinski definition) is 4. The van der Waals surface area contributed by atoms with Gasteiger partial charge >= 0.3 is 5.97 Å². The number of esters is 1. The molecule has 4 nitrogen and oxygen atoms in total. The third-order valence-corrected chi connectivity index (χ3v) is 5.97. The van der Waals surface area contributed by atoms with Gasteiger partial charge in [-0.15, -0.1) is 23.4 Å². The van der Waals surface area contributed by atoms with Crippen LogP contribution in [0.2, 0.25) is 0 Å². The zero-order valence-electron chi connectivity index (χ0n) is 11.8. The summed E-state index contributed by atoms with van der Waals surface area (Å²) in [5.74, 6) is -0.544. The topological polar surface area (TPSA) is 46.6 Å². The quantitative estimate of drug-likeness (QED) is 0.486. The average molecular weight is 326 g/mol. The Morgan fingerprint density at radius 2 is 2.05 bits per heavy atom. The van der Waals surface area contributed by atoms with Crippen LogP contribution in [0.25, 0.3) is 0 Å². The first-order chi connectivity index (χ1) is 9.92. The van der Waals surface area contributed by atoms with E-state index in [1.807, 2.05) is 44.2 Å². The van der Waals surface area contributed by atoms with Crippen molar-refractivity contribution < 1.29 is 14.3 Å². The van der Waals surface area contributed by atoms with Crippen LogP contribution in [0.4, 0.5) is 0 Å². The zero-order chi connectivity index (χ0) is 15.2. The molecular formula is C15H16ClNO3S. The normalized spacial score (nSPS) is 29.8. The molecule has 112 valence electrons. The van der Waals surface area contributed by atoms with E-state index in [1.165, 1.54) is 0 Å².